The molecule has 3 aromatic rings. The molecule has 29 heavy (non-hydrogen) atoms. The van der Waals surface area contributed by atoms with E-state index in [1.165, 1.54) is 73.1 Å². The molecule has 3 N–H and O–H groups in total. The number of nitro benzene ring substituents is 1. The highest BCUT2D eigenvalue weighted by Gasteiger charge is 2.14. The van der Waals surface area contributed by atoms with Crippen molar-refractivity contribution in [3.63, 3.8) is 0 Å². The molecular formula is C18H15N5O5S. The number of carbonyl (C=O) groups excluding carboxylic acids is 1. The van der Waals surface area contributed by atoms with Crippen LogP contribution in [0, 0.1) is 10.1 Å². The lowest BCUT2D eigenvalue weighted by Gasteiger charge is -2.10. The van der Waals surface area contributed by atoms with Gasteiger partial charge in [-0.15, -0.1) is 0 Å². The first kappa shape index (κ1) is 19.8. The monoisotopic (exact) mass is 413 g/mol. The molecule has 0 aliphatic rings. The van der Waals surface area contributed by atoms with Gasteiger partial charge in [0, 0.05) is 35.9 Å². The third kappa shape index (κ3) is 5.26. The molecule has 0 bridgehead atoms. The minimum absolute atomic E-state index is 0.0237. The number of pyridine rings is 1. The Kier molecular flexibility index (Phi) is 5.69. The third-order valence-corrected chi connectivity index (χ3v) is 5.09. The van der Waals surface area contributed by atoms with Gasteiger partial charge in [-0.2, -0.15) is 0 Å². The molecule has 0 unspecified atom stereocenters. The Hall–Kier alpha value is -3.99. The average Bonchev–Trinajstić information content (AvgIpc) is 2.69. The quantitative estimate of drug-likeness (QED) is 0.417. The molecule has 0 radical (unpaired) electrons. The van der Waals surface area contributed by atoms with Crippen LogP contribution in [0.5, 0.6) is 0 Å². The first-order valence-corrected chi connectivity index (χ1v) is 9.67. The summed E-state index contributed by atoms with van der Waals surface area (Å²) in [6.07, 6.45) is 2.93. The topological polar surface area (TPSA) is 143 Å². The summed E-state index contributed by atoms with van der Waals surface area (Å²) >= 11 is 0. The molecule has 1 aromatic heterocycles. The van der Waals surface area contributed by atoms with Crippen molar-refractivity contribution in [2.24, 2.45) is 0 Å². The van der Waals surface area contributed by atoms with Crippen LogP contribution in [0.15, 0.2) is 78.0 Å². The number of anilines is 3. The largest absolute Gasteiger partial charge is 0.323 e. The van der Waals surface area contributed by atoms with Crippen molar-refractivity contribution in [2.75, 3.05) is 15.4 Å². The van der Waals surface area contributed by atoms with Gasteiger partial charge in [0.05, 0.1) is 15.5 Å². The van der Waals surface area contributed by atoms with E-state index in [1.807, 2.05) is 0 Å². The number of carbonyl (C=O) groups is 1. The number of non-ortho nitro benzene ring substituents is 1. The molecule has 1 heterocycles. The van der Waals surface area contributed by atoms with Gasteiger partial charge < -0.3 is 10.6 Å². The van der Waals surface area contributed by atoms with Crippen LogP contribution in [0.2, 0.25) is 0 Å². The number of benzene rings is 2. The predicted octanol–water partition coefficient (Wildman–Crippen LogP) is 3.43. The molecule has 0 aliphatic carbocycles. The van der Waals surface area contributed by atoms with Gasteiger partial charge in [-0.05, 0) is 48.5 Å². The number of nitro groups is 1. The molecular weight excluding hydrogens is 398 g/mol. The second kappa shape index (κ2) is 8.35. The highest BCUT2D eigenvalue weighted by atomic mass is 32.2. The molecule has 0 atom stereocenters. The minimum Gasteiger partial charge on any atom is -0.308 e. The summed E-state index contributed by atoms with van der Waals surface area (Å²) in [6.45, 7) is 0. The van der Waals surface area contributed by atoms with Gasteiger partial charge in [0.1, 0.15) is 0 Å². The fourth-order valence-corrected chi connectivity index (χ4v) is 3.37. The van der Waals surface area contributed by atoms with Gasteiger partial charge in [-0.1, -0.05) is 0 Å². The van der Waals surface area contributed by atoms with Crippen molar-refractivity contribution in [3.8, 4) is 0 Å². The highest BCUT2D eigenvalue weighted by Crippen LogP contribution is 2.19. The van der Waals surface area contributed by atoms with Crippen molar-refractivity contribution in [1.82, 2.24) is 4.98 Å². The fourth-order valence-electron chi connectivity index (χ4n) is 2.31. The molecule has 0 aliphatic heterocycles. The summed E-state index contributed by atoms with van der Waals surface area (Å²) in [5.41, 5.74) is 1.03. The second-order valence-electron chi connectivity index (χ2n) is 5.75. The molecule has 2 aromatic carbocycles. The van der Waals surface area contributed by atoms with Crippen molar-refractivity contribution in [2.45, 2.75) is 4.90 Å². The number of nitrogens with zero attached hydrogens (tertiary/aromatic N) is 2. The van der Waals surface area contributed by atoms with Crippen LogP contribution in [0.4, 0.5) is 27.5 Å². The van der Waals surface area contributed by atoms with Crippen molar-refractivity contribution < 1.29 is 18.1 Å². The summed E-state index contributed by atoms with van der Waals surface area (Å²) in [5.74, 6) is 0. The number of hydrogen-bond donors (Lipinski definition) is 3. The smallest absolute Gasteiger partial charge is 0.308 e. The number of urea groups is 1. The first-order valence-electron chi connectivity index (χ1n) is 8.19. The van der Waals surface area contributed by atoms with Gasteiger partial charge >= 0.3 is 6.03 Å². The third-order valence-electron chi connectivity index (χ3n) is 3.69. The summed E-state index contributed by atoms with van der Waals surface area (Å²) in [6, 6.07) is 13.4. The summed E-state index contributed by atoms with van der Waals surface area (Å²) < 4.78 is 27.2. The molecule has 0 spiro atoms. The summed E-state index contributed by atoms with van der Waals surface area (Å²) in [5, 5.41) is 15.7. The van der Waals surface area contributed by atoms with Gasteiger partial charge in [-0.3, -0.25) is 19.8 Å². The van der Waals surface area contributed by atoms with Crippen LogP contribution in [0.25, 0.3) is 0 Å². The fraction of sp³-hybridized carbons (Fsp3) is 0. The molecule has 11 heteroatoms. The van der Waals surface area contributed by atoms with Crippen LogP contribution >= 0.6 is 0 Å². The van der Waals surface area contributed by atoms with Crippen LogP contribution in [0.3, 0.4) is 0 Å². The summed E-state index contributed by atoms with van der Waals surface area (Å²) in [4.78, 5) is 26.0. The van der Waals surface area contributed by atoms with E-state index in [1.54, 1.807) is 0 Å². The van der Waals surface area contributed by atoms with E-state index in [4.69, 9.17) is 0 Å². The van der Waals surface area contributed by atoms with E-state index in [0.29, 0.717) is 17.1 Å². The van der Waals surface area contributed by atoms with Crippen molar-refractivity contribution in [3.05, 3.63) is 83.2 Å². The maximum absolute atomic E-state index is 12.4. The average molecular weight is 413 g/mol. The van der Waals surface area contributed by atoms with Crippen molar-refractivity contribution in [1.29, 1.82) is 0 Å². The Morgan fingerprint density at radius 1 is 0.828 bits per heavy atom. The Bertz CT molecular complexity index is 1120. The van der Waals surface area contributed by atoms with E-state index in [9.17, 15) is 23.3 Å². The standard InChI is InChI=1S/C18H15N5O5S/c24-18(20-13-1-5-16(6-2-13)23(25)26)21-14-3-7-17(8-4-14)29(27,28)22-15-9-11-19-12-10-15/h1-12H,(H,19,22)(H2,20,21,24). The van der Waals surface area contributed by atoms with Crippen molar-refractivity contribution >= 4 is 38.8 Å². The Morgan fingerprint density at radius 3 is 1.86 bits per heavy atom. The number of nitrogens with one attached hydrogen (secondary N) is 3. The molecule has 0 fully saturated rings. The minimum atomic E-state index is -3.78. The van der Waals surface area contributed by atoms with E-state index in [2.05, 4.69) is 20.3 Å². The molecule has 10 nitrogen and oxygen atoms in total. The van der Waals surface area contributed by atoms with Crippen LogP contribution < -0.4 is 15.4 Å². The molecule has 3 rings (SSSR count). The normalized spacial score (nSPS) is 10.8. The second-order valence-corrected chi connectivity index (χ2v) is 7.43. The molecule has 148 valence electrons. The lowest BCUT2D eigenvalue weighted by molar-refractivity contribution is -0.384. The van der Waals surface area contributed by atoms with Gasteiger partial charge in [0.2, 0.25) is 0 Å². The molecule has 2 amide bonds. The highest BCUT2D eigenvalue weighted by molar-refractivity contribution is 7.92. The Balaban J connectivity index is 1.62. The first-order chi connectivity index (χ1) is 13.8. The Labute approximate surface area is 165 Å². The SMILES string of the molecule is O=C(Nc1ccc([N+](=O)[O-])cc1)Nc1ccc(S(=O)(=O)Nc2ccncc2)cc1. The maximum atomic E-state index is 12.4. The van der Waals surface area contributed by atoms with Crippen LogP contribution in [-0.2, 0) is 10.0 Å². The summed E-state index contributed by atoms with van der Waals surface area (Å²) in [7, 11) is -3.78. The predicted molar refractivity (Wildman–Crippen MR) is 107 cm³/mol. The Morgan fingerprint density at radius 2 is 1.34 bits per heavy atom. The zero-order valence-corrected chi connectivity index (χ0v) is 15.6. The zero-order valence-electron chi connectivity index (χ0n) is 14.8. The lowest BCUT2D eigenvalue weighted by atomic mass is 10.3. The van der Waals surface area contributed by atoms with E-state index < -0.39 is 21.0 Å². The number of aromatic nitrogens is 1. The number of rotatable bonds is 6. The number of amides is 2. The van der Waals surface area contributed by atoms with E-state index >= 15 is 0 Å². The number of sulfonamides is 1. The van der Waals surface area contributed by atoms with Gasteiger partial charge in [0.25, 0.3) is 15.7 Å². The zero-order chi connectivity index (χ0) is 20.9. The van der Waals surface area contributed by atoms with Crippen LogP contribution in [-0.4, -0.2) is 24.4 Å². The van der Waals surface area contributed by atoms with Crippen LogP contribution in [0.1, 0.15) is 0 Å². The van der Waals surface area contributed by atoms with Gasteiger partial charge in [0.15, 0.2) is 0 Å². The molecule has 0 saturated carbocycles. The van der Waals surface area contributed by atoms with E-state index in [0.717, 1.165) is 0 Å². The van der Waals surface area contributed by atoms with Gasteiger partial charge in [-0.25, -0.2) is 13.2 Å². The molecule has 0 saturated heterocycles. The van der Waals surface area contributed by atoms with E-state index in [-0.39, 0.29) is 10.6 Å². The maximum Gasteiger partial charge on any atom is 0.323 e. The number of hydrogen-bond acceptors (Lipinski definition) is 6. The lowest BCUT2D eigenvalue weighted by Crippen LogP contribution is -2.19.